The van der Waals surface area contributed by atoms with Crippen LogP contribution in [0.3, 0.4) is 0 Å². The van der Waals surface area contributed by atoms with Crippen molar-refractivity contribution in [2.75, 3.05) is 13.2 Å². The highest BCUT2D eigenvalue weighted by molar-refractivity contribution is 9.10. The molecule has 0 saturated heterocycles. The van der Waals surface area contributed by atoms with Gasteiger partial charge in [0.15, 0.2) is 6.61 Å². The van der Waals surface area contributed by atoms with Crippen LogP contribution in [-0.4, -0.2) is 25.0 Å². The van der Waals surface area contributed by atoms with Crippen LogP contribution in [0.5, 0.6) is 11.5 Å². The first-order chi connectivity index (χ1) is 15.6. The molecule has 2 amide bonds. The number of hydrogen-bond donors (Lipinski definition) is 2. The number of carbonyl (C=O) groups excluding carboxylic acids is 2. The maximum atomic E-state index is 12.4. The zero-order valence-corrected chi connectivity index (χ0v) is 19.4. The monoisotopic (exact) mass is 496 g/mol. The molecule has 3 aromatic carbocycles. The van der Waals surface area contributed by atoms with E-state index in [1.165, 1.54) is 0 Å². The summed E-state index contributed by atoms with van der Waals surface area (Å²) >= 11 is 3.41. The first-order valence-corrected chi connectivity index (χ1v) is 11.2. The van der Waals surface area contributed by atoms with Crippen molar-refractivity contribution in [2.24, 2.45) is 0 Å². The van der Waals surface area contributed by atoms with Gasteiger partial charge in [-0.3, -0.25) is 20.4 Å². The van der Waals surface area contributed by atoms with E-state index in [1.54, 1.807) is 24.3 Å². The van der Waals surface area contributed by atoms with E-state index in [0.717, 1.165) is 24.0 Å². The Bertz CT molecular complexity index is 1060. The predicted molar refractivity (Wildman–Crippen MR) is 128 cm³/mol. The van der Waals surface area contributed by atoms with Crippen LogP contribution in [0.1, 0.15) is 30.1 Å². The molecule has 32 heavy (non-hydrogen) atoms. The summed E-state index contributed by atoms with van der Waals surface area (Å²) in [6.07, 6.45) is 2.00. The number of hydrazine groups is 1. The van der Waals surface area contributed by atoms with E-state index in [1.807, 2.05) is 48.5 Å². The Morgan fingerprint density at radius 1 is 0.875 bits per heavy atom. The van der Waals surface area contributed by atoms with Crippen LogP contribution in [0.4, 0.5) is 0 Å². The Balaban J connectivity index is 1.51. The molecule has 0 aliphatic rings. The van der Waals surface area contributed by atoms with Crippen LogP contribution in [0.25, 0.3) is 11.1 Å². The number of amides is 2. The number of unbranched alkanes of at least 4 members (excludes halogenated alkanes) is 1. The van der Waals surface area contributed by atoms with E-state index in [4.69, 9.17) is 9.47 Å². The molecule has 3 aromatic rings. The molecule has 7 heteroatoms. The van der Waals surface area contributed by atoms with Crippen molar-refractivity contribution < 1.29 is 19.1 Å². The first-order valence-electron chi connectivity index (χ1n) is 10.4. The molecule has 0 aliphatic heterocycles. The Kier molecular flexibility index (Phi) is 8.69. The lowest BCUT2D eigenvalue weighted by molar-refractivity contribution is -0.123. The minimum Gasteiger partial charge on any atom is -0.492 e. The summed E-state index contributed by atoms with van der Waals surface area (Å²) in [6.45, 7) is 2.47. The number of ether oxygens (including phenoxy) is 2. The highest BCUT2D eigenvalue weighted by atomic mass is 79.9. The third-order valence-electron chi connectivity index (χ3n) is 4.60. The largest absolute Gasteiger partial charge is 0.492 e. The SMILES string of the molecule is CCCCOc1ccc(C(=O)NNC(=O)COc2ccccc2-c2ccccc2)cc1Br. The van der Waals surface area contributed by atoms with Crippen molar-refractivity contribution in [3.8, 4) is 22.6 Å². The van der Waals surface area contributed by atoms with Gasteiger partial charge in [-0.2, -0.15) is 0 Å². The Labute approximate surface area is 196 Å². The lowest BCUT2D eigenvalue weighted by atomic mass is 10.1. The number of nitrogens with one attached hydrogen (secondary N) is 2. The topological polar surface area (TPSA) is 76.7 Å². The van der Waals surface area contributed by atoms with Gasteiger partial charge in [0.25, 0.3) is 11.8 Å². The molecule has 0 saturated carbocycles. The van der Waals surface area contributed by atoms with Crippen molar-refractivity contribution in [2.45, 2.75) is 19.8 Å². The fourth-order valence-corrected chi connectivity index (χ4v) is 3.41. The van der Waals surface area contributed by atoms with Crippen LogP contribution < -0.4 is 20.3 Å². The quantitative estimate of drug-likeness (QED) is 0.317. The minimum absolute atomic E-state index is 0.238. The van der Waals surface area contributed by atoms with E-state index in [0.29, 0.717) is 28.1 Å². The maximum Gasteiger partial charge on any atom is 0.276 e. The average Bonchev–Trinajstić information content (AvgIpc) is 2.83. The Morgan fingerprint density at radius 3 is 2.38 bits per heavy atom. The fraction of sp³-hybridized carbons (Fsp3) is 0.200. The van der Waals surface area contributed by atoms with E-state index >= 15 is 0 Å². The molecule has 3 rings (SSSR count). The number of halogens is 1. The van der Waals surface area contributed by atoms with Crippen molar-refractivity contribution in [1.29, 1.82) is 0 Å². The minimum atomic E-state index is -0.472. The van der Waals surface area contributed by atoms with E-state index in [9.17, 15) is 9.59 Å². The van der Waals surface area contributed by atoms with Crippen LogP contribution in [0.15, 0.2) is 77.3 Å². The summed E-state index contributed by atoms with van der Waals surface area (Å²) in [7, 11) is 0. The molecule has 0 heterocycles. The summed E-state index contributed by atoms with van der Waals surface area (Å²) in [5.41, 5.74) is 7.04. The molecule has 0 atom stereocenters. The molecule has 0 radical (unpaired) electrons. The summed E-state index contributed by atoms with van der Waals surface area (Å²) in [6, 6.07) is 22.3. The zero-order valence-electron chi connectivity index (χ0n) is 17.8. The molecule has 166 valence electrons. The number of carbonyl (C=O) groups is 2. The van der Waals surface area contributed by atoms with Crippen molar-refractivity contribution in [3.05, 3.63) is 82.8 Å². The molecule has 0 spiro atoms. The summed E-state index contributed by atoms with van der Waals surface area (Å²) < 4.78 is 12.0. The van der Waals surface area contributed by atoms with Gasteiger partial charge >= 0.3 is 0 Å². The third-order valence-corrected chi connectivity index (χ3v) is 5.22. The summed E-state index contributed by atoms with van der Waals surface area (Å²) in [5, 5.41) is 0. The molecule has 6 nitrogen and oxygen atoms in total. The van der Waals surface area contributed by atoms with Gasteiger partial charge < -0.3 is 9.47 Å². The number of para-hydroxylation sites is 1. The standard InChI is InChI=1S/C25H25BrN2O4/c1-2-3-15-31-23-14-13-19(16-21(23)26)25(30)28-27-24(29)17-32-22-12-8-7-11-20(22)18-9-5-4-6-10-18/h4-14,16H,2-3,15,17H2,1H3,(H,27,29)(H,28,30). The van der Waals surface area contributed by atoms with Crippen LogP contribution >= 0.6 is 15.9 Å². The van der Waals surface area contributed by atoms with Gasteiger partial charge in [0.05, 0.1) is 11.1 Å². The molecular weight excluding hydrogens is 472 g/mol. The molecular formula is C25H25BrN2O4. The molecule has 0 unspecified atom stereocenters. The van der Waals surface area contributed by atoms with E-state index in [2.05, 4.69) is 33.7 Å². The van der Waals surface area contributed by atoms with Gasteiger partial charge in [0.1, 0.15) is 11.5 Å². The van der Waals surface area contributed by atoms with Crippen LogP contribution in [0.2, 0.25) is 0 Å². The second-order valence-corrected chi connectivity index (χ2v) is 7.85. The third kappa shape index (κ3) is 6.59. The van der Waals surface area contributed by atoms with Gasteiger partial charge in [-0.05, 0) is 52.2 Å². The summed E-state index contributed by atoms with van der Waals surface area (Å²) in [4.78, 5) is 24.5. The van der Waals surface area contributed by atoms with Crippen LogP contribution in [0, 0.1) is 0 Å². The second kappa shape index (κ2) is 11.9. The zero-order chi connectivity index (χ0) is 22.8. The first kappa shape index (κ1) is 23.3. The molecule has 2 N–H and O–H groups in total. The molecule has 0 aromatic heterocycles. The number of benzene rings is 3. The summed E-state index contributed by atoms with van der Waals surface area (Å²) in [5.74, 6) is 0.343. The van der Waals surface area contributed by atoms with Crippen LogP contribution in [-0.2, 0) is 4.79 Å². The average molecular weight is 497 g/mol. The maximum absolute atomic E-state index is 12.4. The lowest BCUT2D eigenvalue weighted by Gasteiger charge is -2.13. The van der Waals surface area contributed by atoms with E-state index in [-0.39, 0.29) is 6.61 Å². The highest BCUT2D eigenvalue weighted by Crippen LogP contribution is 2.29. The van der Waals surface area contributed by atoms with Gasteiger partial charge in [-0.15, -0.1) is 0 Å². The Hall–Kier alpha value is -3.32. The lowest BCUT2D eigenvalue weighted by Crippen LogP contribution is -2.43. The van der Waals surface area contributed by atoms with Gasteiger partial charge in [0, 0.05) is 11.1 Å². The molecule has 0 bridgehead atoms. The number of hydrogen-bond acceptors (Lipinski definition) is 4. The van der Waals surface area contributed by atoms with Crippen molar-refractivity contribution in [3.63, 3.8) is 0 Å². The fourth-order valence-electron chi connectivity index (χ4n) is 2.91. The number of rotatable bonds is 9. The normalized spacial score (nSPS) is 10.3. The molecule has 0 aliphatic carbocycles. The second-order valence-electron chi connectivity index (χ2n) is 7.00. The molecule has 0 fully saturated rings. The van der Waals surface area contributed by atoms with Gasteiger partial charge in [-0.25, -0.2) is 0 Å². The predicted octanol–water partition coefficient (Wildman–Crippen LogP) is 5.14. The van der Waals surface area contributed by atoms with Gasteiger partial charge in [0.2, 0.25) is 0 Å². The van der Waals surface area contributed by atoms with Crippen molar-refractivity contribution >= 4 is 27.7 Å². The van der Waals surface area contributed by atoms with Crippen molar-refractivity contribution in [1.82, 2.24) is 10.9 Å². The van der Waals surface area contributed by atoms with Gasteiger partial charge in [-0.1, -0.05) is 61.9 Å². The van der Waals surface area contributed by atoms with E-state index < -0.39 is 11.8 Å². The smallest absolute Gasteiger partial charge is 0.276 e. The Morgan fingerprint density at radius 2 is 1.62 bits per heavy atom. The highest BCUT2D eigenvalue weighted by Gasteiger charge is 2.12.